The van der Waals surface area contributed by atoms with Gasteiger partial charge in [0.25, 0.3) is 5.69 Å². The van der Waals surface area contributed by atoms with Gasteiger partial charge in [0, 0.05) is 23.8 Å². The van der Waals surface area contributed by atoms with Crippen LogP contribution in [0.5, 0.6) is 5.75 Å². The summed E-state index contributed by atoms with van der Waals surface area (Å²) in [7, 11) is 0. The number of nitro groups is 1. The van der Waals surface area contributed by atoms with E-state index in [1.54, 1.807) is 24.3 Å². The number of fused-ring (bicyclic) bond motifs is 1. The van der Waals surface area contributed by atoms with Crippen molar-refractivity contribution in [1.82, 2.24) is 4.98 Å². The van der Waals surface area contributed by atoms with Crippen LogP contribution in [0.2, 0.25) is 0 Å². The van der Waals surface area contributed by atoms with Crippen molar-refractivity contribution in [3.8, 4) is 5.75 Å². The van der Waals surface area contributed by atoms with Gasteiger partial charge in [-0.3, -0.25) is 14.9 Å². The molecule has 2 N–H and O–H groups in total. The fraction of sp³-hybridized carbons (Fsp3) is 0.0588. The Morgan fingerprint density at radius 3 is 2.76 bits per heavy atom. The van der Waals surface area contributed by atoms with Crippen molar-refractivity contribution >= 4 is 22.6 Å². The number of carboxylic acids is 1. The molecule has 1 aromatic heterocycles. The number of rotatable bonds is 5. The van der Waals surface area contributed by atoms with E-state index in [1.165, 1.54) is 18.2 Å². The number of nitro benzene ring substituents is 1. The Balaban J connectivity index is 1.88. The summed E-state index contributed by atoms with van der Waals surface area (Å²) in [6.07, 6.45) is 1.15. The lowest BCUT2D eigenvalue weighted by atomic mass is 10.1. The van der Waals surface area contributed by atoms with Crippen molar-refractivity contribution in [2.45, 2.75) is 6.61 Å². The first-order chi connectivity index (χ1) is 12.0. The van der Waals surface area contributed by atoms with Gasteiger partial charge in [-0.2, -0.15) is 0 Å². The van der Waals surface area contributed by atoms with Gasteiger partial charge in [-0.15, -0.1) is 0 Å². The minimum atomic E-state index is -1.31. The molecule has 126 valence electrons. The van der Waals surface area contributed by atoms with E-state index in [0.29, 0.717) is 16.8 Å². The second-order valence-corrected chi connectivity index (χ2v) is 5.26. The summed E-state index contributed by atoms with van der Waals surface area (Å²) < 4.78 is 5.57. The van der Waals surface area contributed by atoms with Crippen LogP contribution in [-0.4, -0.2) is 21.0 Å². The highest BCUT2D eigenvalue weighted by Crippen LogP contribution is 2.20. The molecule has 0 aliphatic rings. The van der Waals surface area contributed by atoms with E-state index in [4.69, 9.17) is 9.84 Å². The van der Waals surface area contributed by atoms with Gasteiger partial charge in [0.05, 0.1) is 10.3 Å². The Morgan fingerprint density at radius 1 is 1.24 bits per heavy atom. The molecule has 0 aliphatic heterocycles. The van der Waals surface area contributed by atoms with Gasteiger partial charge < -0.3 is 14.8 Å². The highest BCUT2D eigenvalue weighted by Gasteiger charge is 2.12. The van der Waals surface area contributed by atoms with Crippen LogP contribution in [0.25, 0.3) is 10.9 Å². The lowest BCUT2D eigenvalue weighted by Gasteiger charge is -2.08. The number of aromatic amines is 1. The molecule has 0 aliphatic carbocycles. The summed E-state index contributed by atoms with van der Waals surface area (Å²) in [6.45, 7) is 0.0731. The van der Waals surface area contributed by atoms with Crippen LogP contribution in [0.4, 0.5) is 5.69 Å². The van der Waals surface area contributed by atoms with Gasteiger partial charge in [0.1, 0.15) is 17.9 Å². The third-order valence-electron chi connectivity index (χ3n) is 3.61. The van der Waals surface area contributed by atoms with Crippen LogP contribution in [0.1, 0.15) is 15.9 Å². The SMILES string of the molecule is O=C(O)c1c[nH]c2ccc(OCc3cccc([N+](=O)[O-])c3)cc2c1=O. The fourth-order valence-electron chi connectivity index (χ4n) is 2.37. The van der Waals surface area contributed by atoms with Crippen molar-refractivity contribution < 1.29 is 19.6 Å². The Labute approximate surface area is 140 Å². The minimum absolute atomic E-state index is 0.0397. The molecule has 8 heteroatoms. The summed E-state index contributed by atoms with van der Waals surface area (Å²) in [5.74, 6) is -0.960. The number of aromatic carboxylic acids is 1. The van der Waals surface area contributed by atoms with Gasteiger partial charge in [-0.05, 0) is 23.8 Å². The van der Waals surface area contributed by atoms with Gasteiger partial charge >= 0.3 is 5.97 Å². The molecule has 3 aromatic rings. The van der Waals surface area contributed by atoms with E-state index in [2.05, 4.69) is 4.98 Å². The van der Waals surface area contributed by atoms with Crippen LogP contribution in [0.15, 0.2) is 53.5 Å². The molecule has 0 unspecified atom stereocenters. The van der Waals surface area contributed by atoms with Crippen molar-refractivity contribution in [3.63, 3.8) is 0 Å². The molecule has 0 amide bonds. The third-order valence-corrected chi connectivity index (χ3v) is 3.61. The molecule has 0 atom stereocenters. The van der Waals surface area contributed by atoms with Gasteiger partial charge in [0.2, 0.25) is 5.43 Å². The summed E-state index contributed by atoms with van der Waals surface area (Å²) in [5, 5.41) is 20.0. The first-order valence-corrected chi connectivity index (χ1v) is 7.20. The number of H-pyrrole nitrogens is 1. The Morgan fingerprint density at radius 2 is 2.04 bits per heavy atom. The monoisotopic (exact) mass is 340 g/mol. The number of aromatic nitrogens is 1. The van der Waals surface area contributed by atoms with Crippen LogP contribution < -0.4 is 10.2 Å². The van der Waals surface area contributed by atoms with Crippen molar-refractivity contribution in [1.29, 1.82) is 0 Å². The molecule has 2 aromatic carbocycles. The highest BCUT2D eigenvalue weighted by molar-refractivity contribution is 5.92. The van der Waals surface area contributed by atoms with E-state index in [9.17, 15) is 19.7 Å². The number of carboxylic acid groups (broad SMARTS) is 1. The number of pyridine rings is 1. The second-order valence-electron chi connectivity index (χ2n) is 5.26. The fourth-order valence-corrected chi connectivity index (χ4v) is 2.37. The zero-order chi connectivity index (χ0) is 18.0. The van der Waals surface area contributed by atoms with Crippen LogP contribution in [0, 0.1) is 10.1 Å². The maximum atomic E-state index is 12.2. The van der Waals surface area contributed by atoms with E-state index in [1.807, 2.05) is 0 Å². The summed E-state index contributed by atoms with van der Waals surface area (Å²) in [5.41, 5.74) is 0.0766. The third kappa shape index (κ3) is 3.32. The molecule has 3 rings (SSSR count). The molecule has 0 spiro atoms. The standard InChI is InChI=1S/C17H12N2O6/c20-16-13-7-12(4-5-15(13)18-8-14(16)17(21)22)25-9-10-2-1-3-11(6-10)19(23)24/h1-8H,9H2,(H,18,20)(H,21,22). The molecular formula is C17H12N2O6. The number of ether oxygens (including phenoxy) is 1. The molecule has 0 saturated carbocycles. The summed E-state index contributed by atoms with van der Waals surface area (Å²) >= 11 is 0. The Bertz CT molecular complexity index is 1040. The van der Waals surface area contributed by atoms with Crippen molar-refractivity contribution in [2.24, 2.45) is 0 Å². The zero-order valence-electron chi connectivity index (χ0n) is 12.8. The van der Waals surface area contributed by atoms with E-state index in [-0.39, 0.29) is 23.2 Å². The van der Waals surface area contributed by atoms with E-state index in [0.717, 1.165) is 6.20 Å². The van der Waals surface area contributed by atoms with Crippen molar-refractivity contribution in [3.05, 3.63) is 80.1 Å². The zero-order valence-corrected chi connectivity index (χ0v) is 12.8. The van der Waals surface area contributed by atoms with E-state index < -0.39 is 16.3 Å². The number of carbonyl (C=O) groups is 1. The average Bonchev–Trinajstić information content (AvgIpc) is 2.60. The number of hydrogen-bond donors (Lipinski definition) is 2. The molecule has 0 fully saturated rings. The van der Waals surface area contributed by atoms with E-state index >= 15 is 0 Å². The first-order valence-electron chi connectivity index (χ1n) is 7.20. The summed E-state index contributed by atoms with van der Waals surface area (Å²) in [6, 6.07) is 10.7. The molecule has 1 heterocycles. The van der Waals surface area contributed by atoms with Gasteiger partial charge in [-0.1, -0.05) is 12.1 Å². The predicted octanol–water partition coefficient (Wildman–Crippen LogP) is 2.71. The quantitative estimate of drug-likeness (QED) is 0.544. The average molecular weight is 340 g/mol. The topological polar surface area (TPSA) is 123 Å². The number of benzene rings is 2. The maximum Gasteiger partial charge on any atom is 0.341 e. The number of non-ortho nitro benzene ring substituents is 1. The number of nitrogens with one attached hydrogen (secondary N) is 1. The first kappa shape index (κ1) is 16.2. The highest BCUT2D eigenvalue weighted by atomic mass is 16.6. The van der Waals surface area contributed by atoms with Crippen LogP contribution in [0.3, 0.4) is 0 Å². The lowest BCUT2D eigenvalue weighted by molar-refractivity contribution is -0.384. The predicted molar refractivity (Wildman–Crippen MR) is 89.0 cm³/mol. The minimum Gasteiger partial charge on any atom is -0.489 e. The smallest absolute Gasteiger partial charge is 0.341 e. The molecule has 8 nitrogen and oxygen atoms in total. The largest absolute Gasteiger partial charge is 0.489 e. The summed E-state index contributed by atoms with van der Waals surface area (Å²) in [4.78, 5) is 36.3. The van der Waals surface area contributed by atoms with Crippen LogP contribution in [-0.2, 0) is 6.61 Å². The molecule has 0 bridgehead atoms. The lowest BCUT2D eigenvalue weighted by Crippen LogP contribution is -2.15. The molecule has 25 heavy (non-hydrogen) atoms. The van der Waals surface area contributed by atoms with Crippen LogP contribution >= 0.6 is 0 Å². The second kappa shape index (κ2) is 6.44. The van der Waals surface area contributed by atoms with Crippen molar-refractivity contribution in [2.75, 3.05) is 0 Å². The number of hydrogen-bond acceptors (Lipinski definition) is 5. The molecular weight excluding hydrogens is 328 g/mol. The molecule has 0 saturated heterocycles. The van der Waals surface area contributed by atoms with Gasteiger partial charge in [0.15, 0.2) is 0 Å². The Hall–Kier alpha value is -3.68. The maximum absolute atomic E-state index is 12.2. The molecule has 0 radical (unpaired) electrons. The van der Waals surface area contributed by atoms with Gasteiger partial charge in [-0.25, -0.2) is 4.79 Å². The normalized spacial score (nSPS) is 10.6. The Kier molecular flexibility index (Phi) is 4.17. The number of nitrogens with zero attached hydrogens (tertiary/aromatic N) is 1.